The molecular formula is C26H42BN5O3. The van der Waals surface area contributed by atoms with Crippen LogP contribution < -0.4 is 22.5 Å². The second-order valence-corrected chi connectivity index (χ2v) is 9.57. The van der Waals surface area contributed by atoms with Crippen LogP contribution in [0.3, 0.4) is 0 Å². The number of rotatable bonds is 5. The van der Waals surface area contributed by atoms with E-state index in [9.17, 15) is 9.90 Å². The first-order valence-corrected chi connectivity index (χ1v) is 12.1. The van der Waals surface area contributed by atoms with Gasteiger partial charge in [0.2, 0.25) is 5.91 Å². The first kappa shape index (κ1) is 28.8. The summed E-state index contributed by atoms with van der Waals surface area (Å²) in [5, 5.41) is 13.3. The third-order valence-electron chi connectivity index (χ3n) is 7.05. The van der Waals surface area contributed by atoms with Gasteiger partial charge >= 0.3 is 0 Å². The normalized spacial score (nSPS) is 24.2. The number of allylic oxidation sites excluding steroid dienone is 2. The second kappa shape index (κ2) is 13.0. The van der Waals surface area contributed by atoms with Gasteiger partial charge in [0.15, 0.2) is 0 Å². The third kappa shape index (κ3) is 8.02. The lowest BCUT2D eigenvalue weighted by Crippen LogP contribution is -2.55. The molecule has 8 N–H and O–H groups in total. The summed E-state index contributed by atoms with van der Waals surface area (Å²) < 4.78 is 5.35. The highest BCUT2D eigenvalue weighted by Crippen LogP contribution is 2.41. The van der Waals surface area contributed by atoms with E-state index in [0.717, 1.165) is 62.2 Å². The fourth-order valence-electron chi connectivity index (χ4n) is 5.14. The van der Waals surface area contributed by atoms with Crippen LogP contribution >= 0.6 is 0 Å². The first-order chi connectivity index (χ1) is 16.2. The SMILES string of the molecule is C.CC(=O)Nc1ccc(/C(N)=C/C=C(N)N)cc1.[B]C(O)(C1CCOCC1)N1CC2CCCC2C1. The molecular weight excluding hydrogens is 441 g/mol. The van der Waals surface area contributed by atoms with Crippen molar-refractivity contribution in [1.29, 1.82) is 0 Å². The van der Waals surface area contributed by atoms with Gasteiger partial charge in [0.1, 0.15) is 7.85 Å². The third-order valence-corrected chi connectivity index (χ3v) is 7.05. The van der Waals surface area contributed by atoms with Crippen LogP contribution in [0.4, 0.5) is 5.69 Å². The molecule has 1 saturated carbocycles. The van der Waals surface area contributed by atoms with Gasteiger partial charge in [-0.05, 0) is 73.3 Å². The van der Waals surface area contributed by atoms with Gasteiger partial charge in [-0.2, -0.15) is 0 Å². The Morgan fingerprint density at radius 1 is 1.09 bits per heavy atom. The summed E-state index contributed by atoms with van der Waals surface area (Å²) in [6.45, 7) is 4.93. The number of fused-ring (bicyclic) bond motifs is 1. The summed E-state index contributed by atoms with van der Waals surface area (Å²) in [5.74, 6) is 1.83. The average Bonchev–Trinajstić information content (AvgIpc) is 3.42. The molecule has 2 heterocycles. The molecule has 8 nitrogen and oxygen atoms in total. The van der Waals surface area contributed by atoms with Crippen LogP contribution in [0.5, 0.6) is 0 Å². The fraction of sp³-hybridized carbons (Fsp3) is 0.577. The van der Waals surface area contributed by atoms with E-state index < -0.39 is 5.62 Å². The Balaban J connectivity index is 0.000000240. The number of ether oxygens (including phenoxy) is 1. The second-order valence-electron chi connectivity index (χ2n) is 9.57. The summed E-state index contributed by atoms with van der Waals surface area (Å²) in [5.41, 5.74) is 17.4. The van der Waals surface area contributed by atoms with Crippen LogP contribution in [-0.2, 0) is 9.53 Å². The fourth-order valence-corrected chi connectivity index (χ4v) is 5.14. The van der Waals surface area contributed by atoms with Gasteiger partial charge in [-0.25, -0.2) is 0 Å². The maximum absolute atomic E-state index is 10.8. The number of hydrogen-bond acceptors (Lipinski definition) is 7. The highest BCUT2D eigenvalue weighted by atomic mass is 16.5. The lowest BCUT2D eigenvalue weighted by atomic mass is 9.74. The van der Waals surface area contributed by atoms with E-state index in [1.807, 2.05) is 0 Å². The predicted octanol–water partition coefficient (Wildman–Crippen LogP) is 2.30. The molecule has 192 valence electrons. The zero-order valence-electron chi connectivity index (χ0n) is 20.1. The predicted molar refractivity (Wildman–Crippen MR) is 143 cm³/mol. The Labute approximate surface area is 211 Å². The van der Waals surface area contributed by atoms with Crippen LogP contribution in [-0.4, -0.2) is 55.7 Å². The van der Waals surface area contributed by atoms with Crippen molar-refractivity contribution in [3.8, 4) is 0 Å². The maximum atomic E-state index is 10.8. The van der Waals surface area contributed by atoms with E-state index in [2.05, 4.69) is 10.2 Å². The Bertz CT molecular complexity index is 865. The maximum Gasteiger partial charge on any atom is 0.221 e. The van der Waals surface area contributed by atoms with Crippen LogP contribution in [0.15, 0.2) is 42.2 Å². The minimum absolute atomic E-state index is 0. The number of benzene rings is 1. The van der Waals surface area contributed by atoms with Crippen LogP contribution in [0, 0.1) is 17.8 Å². The van der Waals surface area contributed by atoms with Crippen molar-refractivity contribution < 1.29 is 14.6 Å². The van der Waals surface area contributed by atoms with Gasteiger partial charge < -0.3 is 32.4 Å². The topological polar surface area (TPSA) is 140 Å². The lowest BCUT2D eigenvalue weighted by Gasteiger charge is -2.43. The summed E-state index contributed by atoms with van der Waals surface area (Å²) >= 11 is 0. The van der Waals surface area contributed by atoms with Crippen LogP contribution in [0.2, 0.25) is 0 Å². The first-order valence-electron chi connectivity index (χ1n) is 12.1. The van der Waals surface area contributed by atoms with Gasteiger partial charge in [0, 0.05) is 44.6 Å². The molecule has 9 heteroatoms. The number of nitrogens with zero attached hydrogens (tertiary/aromatic N) is 1. The molecule has 3 aliphatic rings. The van der Waals surface area contributed by atoms with Crippen molar-refractivity contribution in [2.45, 2.75) is 52.1 Å². The Hall–Kier alpha value is -2.49. The highest BCUT2D eigenvalue weighted by molar-refractivity contribution is 6.14. The lowest BCUT2D eigenvalue weighted by molar-refractivity contribution is -0.114. The van der Waals surface area contributed by atoms with E-state index in [4.69, 9.17) is 29.8 Å². The van der Waals surface area contributed by atoms with E-state index in [1.165, 1.54) is 32.3 Å². The molecule has 2 aliphatic heterocycles. The number of carbonyl (C=O) groups is 1. The molecule has 1 aliphatic carbocycles. The largest absolute Gasteiger partial charge is 0.398 e. The number of amides is 1. The molecule has 0 aromatic heterocycles. The molecule has 3 atom stereocenters. The number of nitrogens with two attached hydrogens (primary N) is 3. The van der Waals surface area contributed by atoms with Crippen molar-refractivity contribution in [2.75, 3.05) is 31.6 Å². The van der Waals surface area contributed by atoms with Crippen LogP contribution in [0.1, 0.15) is 52.0 Å². The van der Waals surface area contributed by atoms with Crippen molar-refractivity contribution in [1.82, 2.24) is 4.90 Å². The van der Waals surface area contributed by atoms with Gasteiger partial charge in [0.25, 0.3) is 0 Å². The van der Waals surface area contributed by atoms with Crippen LogP contribution in [0.25, 0.3) is 5.70 Å². The molecule has 3 unspecified atom stereocenters. The van der Waals surface area contributed by atoms with E-state index in [0.29, 0.717) is 5.70 Å². The summed E-state index contributed by atoms with van der Waals surface area (Å²) in [6, 6.07) is 7.15. The molecule has 4 rings (SSSR count). The molecule has 35 heavy (non-hydrogen) atoms. The summed E-state index contributed by atoms with van der Waals surface area (Å²) in [6.07, 6.45) is 8.94. The van der Waals surface area contributed by atoms with Gasteiger partial charge in [0.05, 0.1) is 11.4 Å². The molecule has 2 saturated heterocycles. The molecule has 1 aromatic carbocycles. The van der Waals surface area contributed by atoms with Gasteiger partial charge in [-0.15, -0.1) is 0 Å². The molecule has 1 aromatic rings. The Morgan fingerprint density at radius 3 is 2.17 bits per heavy atom. The standard InChI is InChI=1S/C13H22BNO2.C12H16N4O.CH4/c14-13(16,12-4-6-17-7-5-12)15-8-10-2-1-3-11(10)9-15;1-8(17)16-10-4-2-9(3-5-10)11(13)6-7-12(14)15;/h10-12,16H,1-9H2;2-7H,13-15H2,1H3,(H,16,17);1H4/b;11-6-;. The van der Waals surface area contributed by atoms with E-state index in [-0.39, 0.29) is 25.1 Å². The van der Waals surface area contributed by atoms with Gasteiger partial charge in [-0.3, -0.25) is 9.69 Å². The molecule has 0 bridgehead atoms. The zero-order chi connectivity index (χ0) is 24.7. The Morgan fingerprint density at radius 2 is 1.66 bits per heavy atom. The minimum Gasteiger partial charge on any atom is -0.398 e. The Kier molecular flexibility index (Phi) is 10.7. The highest BCUT2D eigenvalue weighted by Gasteiger charge is 2.45. The quantitative estimate of drug-likeness (QED) is 0.320. The average molecular weight is 483 g/mol. The summed E-state index contributed by atoms with van der Waals surface area (Å²) in [4.78, 5) is 13.0. The molecule has 0 spiro atoms. The smallest absolute Gasteiger partial charge is 0.221 e. The number of aliphatic hydroxyl groups is 1. The zero-order valence-corrected chi connectivity index (χ0v) is 20.1. The number of likely N-dealkylation sites (tertiary alicyclic amines) is 1. The van der Waals surface area contributed by atoms with E-state index in [1.54, 1.807) is 30.3 Å². The minimum atomic E-state index is -1.10. The number of carbonyl (C=O) groups excluding carboxylic acids is 1. The molecule has 1 amide bonds. The number of hydrogen-bond donors (Lipinski definition) is 5. The van der Waals surface area contributed by atoms with E-state index >= 15 is 0 Å². The van der Waals surface area contributed by atoms with Crippen molar-refractivity contribution >= 4 is 25.1 Å². The van der Waals surface area contributed by atoms with Gasteiger partial charge in [-0.1, -0.05) is 26.0 Å². The number of anilines is 1. The monoisotopic (exact) mass is 483 g/mol. The van der Waals surface area contributed by atoms with Crippen molar-refractivity contribution in [2.24, 2.45) is 35.0 Å². The molecule has 2 radical (unpaired) electrons. The van der Waals surface area contributed by atoms with Crippen molar-refractivity contribution in [3.63, 3.8) is 0 Å². The van der Waals surface area contributed by atoms with Crippen molar-refractivity contribution in [3.05, 3.63) is 47.8 Å². The number of nitrogens with one attached hydrogen (secondary N) is 1. The summed E-state index contributed by atoms with van der Waals surface area (Å²) in [7, 11) is 6.23. The molecule has 3 fully saturated rings.